The Morgan fingerprint density at radius 2 is 2.00 bits per heavy atom. The van der Waals surface area contributed by atoms with E-state index < -0.39 is 0 Å². The highest BCUT2D eigenvalue weighted by Gasteiger charge is 2.05. The van der Waals surface area contributed by atoms with Crippen LogP contribution in [0.4, 0.5) is 0 Å². The van der Waals surface area contributed by atoms with Crippen LogP contribution in [0.5, 0.6) is 0 Å². The lowest BCUT2D eigenvalue weighted by molar-refractivity contribution is 0.809. The summed E-state index contributed by atoms with van der Waals surface area (Å²) in [6, 6.07) is 0. The van der Waals surface area contributed by atoms with E-state index in [0.717, 1.165) is 17.2 Å². The number of rotatable bonds is 7. The van der Waals surface area contributed by atoms with Crippen molar-refractivity contribution in [3.05, 3.63) is 48.1 Å². The van der Waals surface area contributed by atoms with Crippen LogP contribution in [0.2, 0.25) is 0 Å². The van der Waals surface area contributed by atoms with Gasteiger partial charge < -0.3 is 0 Å². The van der Waals surface area contributed by atoms with Crippen LogP contribution < -0.4 is 0 Å². The Labute approximate surface area is 105 Å². The third-order valence-electron chi connectivity index (χ3n) is 2.53. The first-order valence-corrected chi connectivity index (χ1v) is 7.02. The van der Waals surface area contributed by atoms with Gasteiger partial charge in [0.15, 0.2) is 0 Å². The highest BCUT2D eigenvalue weighted by molar-refractivity contribution is 7.99. The second-order valence-corrected chi connectivity index (χ2v) is 5.24. The molecule has 0 saturated heterocycles. The maximum absolute atomic E-state index is 3.98. The third-order valence-corrected chi connectivity index (χ3v) is 3.70. The molecule has 0 aliphatic rings. The molecule has 1 atom stereocenters. The molecular weight excluding hydrogens is 212 g/mol. The lowest BCUT2D eigenvalue weighted by atomic mass is 10.0. The van der Waals surface area contributed by atoms with Crippen molar-refractivity contribution < 1.29 is 0 Å². The molecule has 90 valence electrons. The largest absolute Gasteiger partial charge is 0.162 e. The van der Waals surface area contributed by atoms with Gasteiger partial charge in [-0.15, -0.1) is 0 Å². The molecule has 0 N–H and O–H groups in total. The predicted octanol–water partition coefficient (Wildman–Crippen LogP) is 5.15. The second kappa shape index (κ2) is 8.46. The number of hydrogen-bond donors (Lipinski definition) is 0. The summed E-state index contributed by atoms with van der Waals surface area (Å²) < 4.78 is 0. The highest BCUT2D eigenvalue weighted by Crippen LogP contribution is 2.21. The molecule has 0 aromatic carbocycles. The van der Waals surface area contributed by atoms with E-state index >= 15 is 0 Å². The second-order valence-electron chi connectivity index (χ2n) is 4.10. The van der Waals surface area contributed by atoms with Gasteiger partial charge in [-0.2, -0.15) is 11.8 Å². The molecule has 0 aliphatic heterocycles. The minimum Gasteiger partial charge on any atom is -0.162 e. The standard InChI is InChI=1S/C15H24S/c1-7-9-14(12(3)4)10-13(5)11-15(8-2)16-6/h7,9-10,15H,1,3,8,11H2,2,4-6H3/b13-10+,14-9+. The first-order chi connectivity index (χ1) is 7.54. The zero-order valence-electron chi connectivity index (χ0n) is 11.0. The quantitative estimate of drug-likeness (QED) is 0.551. The Hall–Kier alpha value is -0.690. The molecule has 0 radical (unpaired) electrons. The number of hydrogen-bond acceptors (Lipinski definition) is 1. The fourth-order valence-corrected chi connectivity index (χ4v) is 2.28. The maximum Gasteiger partial charge on any atom is 0.00788 e. The Kier molecular flexibility index (Phi) is 8.10. The van der Waals surface area contributed by atoms with Crippen molar-refractivity contribution in [2.75, 3.05) is 6.26 Å². The average molecular weight is 236 g/mol. The van der Waals surface area contributed by atoms with E-state index in [2.05, 4.69) is 39.3 Å². The topological polar surface area (TPSA) is 0 Å². The lowest BCUT2D eigenvalue weighted by Crippen LogP contribution is -2.00. The van der Waals surface area contributed by atoms with Crippen LogP contribution in [0.25, 0.3) is 0 Å². The summed E-state index contributed by atoms with van der Waals surface area (Å²) in [5.74, 6) is 0. The predicted molar refractivity (Wildman–Crippen MR) is 79.1 cm³/mol. The van der Waals surface area contributed by atoms with Gasteiger partial charge in [-0.1, -0.05) is 49.5 Å². The summed E-state index contributed by atoms with van der Waals surface area (Å²) >= 11 is 1.94. The van der Waals surface area contributed by atoms with Crippen molar-refractivity contribution in [3.63, 3.8) is 0 Å². The van der Waals surface area contributed by atoms with Gasteiger partial charge in [-0.3, -0.25) is 0 Å². The molecule has 1 heteroatoms. The van der Waals surface area contributed by atoms with Crippen LogP contribution >= 0.6 is 11.8 Å². The third kappa shape index (κ3) is 6.02. The van der Waals surface area contributed by atoms with Crippen molar-refractivity contribution in [1.29, 1.82) is 0 Å². The normalized spacial score (nSPS) is 14.8. The number of allylic oxidation sites excluding steroid dienone is 6. The molecule has 0 rings (SSSR count). The average Bonchev–Trinajstić information content (AvgIpc) is 2.25. The molecule has 0 amide bonds. The maximum atomic E-state index is 3.98. The van der Waals surface area contributed by atoms with Crippen LogP contribution in [-0.2, 0) is 0 Å². The fraction of sp³-hybridized carbons (Fsp3) is 0.467. The van der Waals surface area contributed by atoms with Crippen molar-refractivity contribution in [1.82, 2.24) is 0 Å². The summed E-state index contributed by atoms with van der Waals surface area (Å²) in [6.45, 7) is 14.2. The van der Waals surface area contributed by atoms with Crippen LogP contribution in [0.15, 0.2) is 48.1 Å². The molecule has 0 fully saturated rings. The van der Waals surface area contributed by atoms with Gasteiger partial charge in [0.1, 0.15) is 0 Å². The molecule has 0 saturated carbocycles. The molecule has 16 heavy (non-hydrogen) atoms. The Morgan fingerprint density at radius 3 is 2.38 bits per heavy atom. The van der Waals surface area contributed by atoms with Gasteiger partial charge >= 0.3 is 0 Å². The zero-order valence-corrected chi connectivity index (χ0v) is 11.9. The van der Waals surface area contributed by atoms with E-state index in [0.29, 0.717) is 0 Å². The molecule has 0 nitrogen and oxygen atoms in total. The minimum atomic E-state index is 0.728. The molecule has 0 bridgehead atoms. The van der Waals surface area contributed by atoms with Gasteiger partial charge in [0.25, 0.3) is 0 Å². The van der Waals surface area contributed by atoms with Crippen LogP contribution in [0, 0.1) is 0 Å². The Morgan fingerprint density at radius 1 is 1.38 bits per heavy atom. The summed E-state index contributed by atoms with van der Waals surface area (Å²) in [7, 11) is 0. The van der Waals surface area contributed by atoms with Gasteiger partial charge in [-0.05, 0) is 38.5 Å². The van der Waals surface area contributed by atoms with Crippen molar-refractivity contribution in [3.8, 4) is 0 Å². The molecule has 0 aromatic rings. The van der Waals surface area contributed by atoms with Gasteiger partial charge in [0.05, 0.1) is 0 Å². The zero-order chi connectivity index (χ0) is 12.6. The molecule has 1 unspecified atom stereocenters. The first kappa shape index (κ1) is 15.3. The summed E-state index contributed by atoms with van der Waals surface area (Å²) in [6.07, 6.45) is 10.6. The molecule has 0 aromatic heterocycles. The van der Waals surface area contributed by atoms with Crippen LogP contribution in [0.1, 0.15) is 33.6 Å². The molecule has 0 spiro atoms. The fourth-order valence-electron chi connectivity index (χ4n) is 1.52. The molecule has 0 aliphatic carbocycles. The summed E-state index contributed by atoms with van der Waals surface area (Å²) in [4.78, 5) is 0. The van der Waals surface area contributed by atoms with E-state index in [1.165, 1.54) is 17.6 Å². The van der Waals surface area contributed by atoms with E-state index in [-0.39, 0.29) is 0 Å². The van der Waals surface area contributed by atoms with Gasteiger partial charge in [0.2, 0.25) is 0 Å². The SMILES string of the molecule is C=C/C=C(\C=C(/C)CC(CC)SC)C(=C)C. The molecular formula is C15H24S. The van der Waals surface area contributed by atoms with E-state index in [9.17, 15) is 0 Å². The van der Waals surface area contributed by atoms with Crippen LogP contribution in [0.3, 0.4) is 0 Å². The van der Waals surface area contributed by atoms with Gasteiger partial charge in [-0.25, -0.2) is 0 Å². The summed E-state index contributed by atoms with van der Waals surface area (Å²) in [5.41, 5.74) is 3.69. The highest BCUT2D eigenvalue weighted by atomic mass is 32.2. The van der Waals surface area contributed by atoms with Crippen molar-refractivity contribution >= 4 is 11.8 Å². The van der Waals surface area contributed by atoms with E-state index in [1.807, 2.05) is 30.8 Å². The minimum absolute atomic E-state index is 0.728. The van der Waals surface area contributed by atoms with Crippen LogP contribution in [-0.4, -0.2) is 11.5 Å². The summed E-state index contributed by atoms with van der Waals surface area (Å²) in [5, 5.41) is 0.728. The monoisotopic (exact) mass is 236 g/mol. The van der Waals surface area contributed by atoms with Gasteiger partial charge in [0, 0.05) is 5.25 Å². The molecule has 0 heterocycles. The van der Waals surface area contributed by atoms with Crippen molar-refractivity contribution in [2.24, 2.45) is 0 Å². The Bertz CT molecular complexity index is 291. The first-order valence-electron chi connectivity index (χ1n) is 5.73. The van der Waals surface area contributed by atoms with E-state index in [1.54, 1.807) is 0 Å². The lowest BCUT2D eigenvalue weighted by Gasteiger charge is -2.12. The smallest absolute Gasteiger partial charge is 0.00788 e. The van der Waals surface area contributed by atoms with Crippen molar-refractivity contribution in [2.45, 2.75) is 38.9 Å². The Balaban J connectivity index is 4.66. The van der Waals surface area contributed by atoms with E-state index in [4.69, 9.17) is 0 Å². The number of thioether (sulfide) groups is 1.